The van der Waals surface area contributed by atoms with E-state index in [1.54, 1.807) is 37.1 Å². The third-order valence-electron chi connectivity index (χ3n) is 6.39. The van der Waals surface area contributed by atoms with E-state index in [1.807, 2.05) is 12.3 Å². The predicted molar refractivity (Wildman–Crippen MR) is 125 cm³/mol. The zero-order valence-electron chi connectivity index (χ0n) is 19.1. The first-order valence-electron chi connectivity index (χ1n) is 11.1. The van der Waals surface area contributed by atoms with E-state index in [4.69, 9.17) is 10.3 Å². The van der Waals surface area contributed by atoms with Crippen LogP contribution in [0.3, 0.4) is 0 Å². The first kappa shape index (κ1) is 21.3. The van der Waals surface area contributed by atoms with Crippen molar-refractivity contribution < 1.29 is 9.63 Å². The Morgan fingerprint density at radius 3 is 2.36 bits per heavy atom. The molecule has 4 aromatic rings. The van der Waals surface area contributed by atoms with Gasteiger partial charge in [-0.2, -0.15) is 5.10 Å². The van der Waals surface area contributed by atoms with E-state index in [0.29, 0.717) is 18.2 Å². The monoisotopic (exact) mass is 444 g/mol. The number of aliphatic hydroxyl groups is 1. The maximum atomic E-state index is 10.1. The molecule has 3 N–H and O–H groups in total. The van der Waals surface area contributed by atoms with Gasteiger partial charge in [0.05, 0.1) is 29.6 Å². The van der Waals surface area contributed by atoms with Crippen molar-refractivity contribution in [1.29, 1.82) is 0 Å². The summed E-state index contributed by atoms with van der Waals surface area (Å²) >= 11 is 0. The smallest absolute Gasteiger partial charge is 0.219 e. The Morgan fingerprint density at radius 2 is 1.73 bits per heavy atom. The van der Waals surface area contributed by atoms with Gasteiger partial charge in [0, 0.05) is 35.6 Å². The van der Waals surface area contributed by atoms with Crippen LogP contribution in [0.15, 0.2) is 59.6 Å². The van der Waals surface area contributed by atoms with Crippen molar-refractivity contribution >= 4 is 5.95 Å². The Morgan fingerprint density at radius 1 is 1.03 bits per heavy atom. The van der Waals surface area contributed by atoms with Crippen LogP contribution in [0.5, 0.6) is 0 Å². The van der Waals surface area contributed by atoms with Crippen LogP contribution in [-0.2, 0) is 12.0 Å². The van der Waals surface area contributed by atoms with Gasteiger partial charge in [0.15, 0.2) is 5.76 Å². The molecule has 0 radical (unpaired) electrons. The highest BCUT2D eigenvalue weighted by Crippen LogP contribution is 2.51. The average molecular weight is 445 g/mol. The summed E-state index contributed by atoms with van der Waals surface area (Å²) in [5.41, 5.74) is 9.44. The average Bonchev–Trinajstić information content (AvgIpc) is 3.35. The lowest BCUT2D eigenvalue weighted by atomic mass is 9.74. The van der Waals surface area contributed by atoms with Gasteiger partial charge in [-0.05, 0) is 50.7 Å². The van der Waals surface area contributed by atoms with Crippen molar-refractivity contribution in [1.82, 2.24) is 24.9 Å². The zero-order chi connectivity index (χ0) is 23.2. The molecule has 0 saturated heterocycles. The molecule has 1 aliphatic rings. The van der Waals surface area contributed by atoms with Crippen molar-refractivity contribution in [3.63, 3.8) is 0 Å². The topological polar surface area (TPSA) is 116 Å². The number of benzene rings is 1. The first-order chi connectivity index (χ1) is 15.7. The van der Waals surface area contributed by atoms with Crippen LogP contribution in [0.25, 0.3) is 22.5 Å². The second kappa shape index (κ2) is 7.81. The Labute approximate surface area is 192 Å². The minimum atomic E-state index is -0.842. The summed E-state index contributed by atoms with van der Waals surface area (Å²) in [6.45, 7) is 6.16. The number of aromatic nitrogens is 5. The molecule has 5 rings (SSSR count). The van der Waals surface area contributed by atoms with Crippen molar-refractivity contribution in [2.75, 3.05) is 5.73 Å². The molecule has 0 amide bonds. The quantitative estimate of drug-likeness (QED) is 0.441. The Hall–Kier alpha value is -3.52. The third-order valence-corrected chi connectivity index (χ3v) is 6.39. The van der Waals surface area contributed by atoms with Crippen LogP contribution >= 0.6 is 0 Å². The van der Waals surface area contributed by atoms with Gasteiger partial charge in [0.2, 0.25) is 5.95 Å². The van der Waals surface area contributed by atoms with E-state index in [0.717, 1.165) is 35.2 Å². The molecule has 0 spiro atoms. The maximum absolute atomic E-state index is 10.1. The van der Waals surface area contributed by atoms with Gasteiger partial charge in [-0.3, -0.25) is 4.68 Å². The summed E-state index contributed by atoms with van der Waals surface area (Å²) < 4.78 is 7.47. The van der Waals surface area contributed by atoms with E-state index in [2.05, 4.69) is 51.4 Å². The van der Waals surface area contributed by atoms with Crippen LogP contribution in [0.1, 0.15) is 44.9 Å². The van der Waals surface area contributed by atoms with Gasteiger partial charge < -0.3 is 15.4 Å². The molecule has 1 fully saturated rings. The van der Waals surface area contributed by atoms with Gasteiger partial charge >= 0.3 is 0 Å². The molecule has 0 aliphatic heterocycles. The molecule has 3 aromatic heterocycles. The molecule has 1 aromatic carbocycles. The number of nitrogens with zero attached hydrogens (tertiary/aromatic N) is 5. The predicted octanol–water partition coefficient (Wildman–Crippen LogP) is 4.06. The molecular weight excluding hydrogens is 416 g/mol. The Kier molecular flexibility index (Phi) is 5.05. The maximum Gasteiger partial charge on any atom is 0.219 e. The summed E-state index contributed by atoms with van der Waals surface area (Å²) in [6, 6.07) is 10.5. The fraction of sp³-hybridized carbons (Fsp3) is 0.360. The zero-order valence-corrected chi connectivity index (χ0v) is 19.1. The highest BCUT2D eigenvalue weighted by Gasteiger charge is 2.46. The van der Waals surface area contributed by atoms with E-state index in [9.17, 15) is 5.11 Å². The van der Waals surface area contributed by atoms with Crippen LogP contribution in [0.2, 0.25) is 0 Å². The highest BCUT2D eigenvalue weighted by molar-refractivity contribution is 5.63. The normalized spacial score (nSPS) is 16.0. The van der Waals surface area contributed by atoms with Crippen molar-refractivity contribution in [3.05, 3.63) is 66.4 Å². The van der Waals surface area contributed by atoms with Gasteiger partial charge in [-0.15, -0.1) is 0 Å². The molecule has 1 atom stereocenters. The SMILES string of the molecule is CC(C)(O)Cn1cc(-c2cc(C(C)(c3ccc(-c4cnc(N)nc4)cc3)C3CC3)no2)cn1. The number of hydrogen-bond acceptors (Lipinski definition) is 7. The summed E-state index contributed by atoms with van der Waals surface area (Å²) in [6.07, 6.45) is 9.42. The van der Waals surface area contributed by atoms with Crippen molar-refractivity contribution in [3.8, 4) is 22.5 Å². The van der Waals surface area contributed by atoms with E-state index >= 15 is 0 Å². The van der Waals surface area contributed by atoms with Gasteiger partial charge in [0.25, 0.3) is 0 Å². The molecule has 1 aliphatic carbocycles. The summed E-state index contributed by atoms with van der Waals surface area (Å²) in [5, 5.41) is 18.9. The second-order valence-electron chi connectivity index (χ2n) is 9.70. The highest BCUT2D eigenvalue weighted by atomic mass is 16.5. The molecule has 3 heterocycles. The van der Waals surface area contributed by atoms with Gasteiger partial charge in [0.1, 0.15) is 0 Å². The number of hydrogen-bond donors (Lipinski definition) is 2. The van der Waals surface area contributed by atoms with E-state index in [1.165, 1.54) is 5.56 Å². The number of rotatable bonds is 7. The standard InChI is InChI=1S/C25H28N6O2/c1-24(2,32)15-31-14-18(13-29-31)21-10-22(30-33-21)25(3,20-8-9-20)19-6-4-16(5-7-19)17-11-27-23(26)28-12-17/h4-7,10-14,20,32H,8-9,15H2,1-3H3,(H2,26,27,28). The number of anilines is 1. The Balaban J connectivity index is 1.43. The van der Waals surface area contributed by atoms with Crippen molar-refractivity contribution in [2.45, 2.75) is 51.2 Å². The van der Waals surface area contributed by atoms with Crippen LogP contribution in [0, 0.1) is 5.92 Å². The molecule has 33 heavy (non-hydrogen) atoms. The molecular formula is C25H28N6O2. The molecule has 170 valence electrons. The lowest BCUT2D eigenvalue weighted by molar-refractivity contribution is 0.0577. The van der Waals surface area contributed by atoms with Crippen molar-refractivity contribution in [2.24, 2.45) is 5.92 Å². The third kappa shape index (κ3) is 4.26. The van der Waals surface area contributed by atoms with Crippen LogP contribution < -0.4 is 5.73 Å². The van der Waals surface area contributed by atoms with Gasteiger partial charge in [-0.25, -0.2) is 9.97 Å². The fourth-order valence-corrected chi connectivity index (χ4v) is 4.38. The minimum Gasteiger partial charge on any atom is -0.389 e. The number of nitrogen functional groups attached to an aromatic ring is 1. The van der Waals surface area contributed by atoms with Gasteiger partial charge in [-0.1, -0.05) is 29.4 Å². The molecule has 8 nitrogen and oxygen atoms in total. The van der Waals surface area contributed by atoms with Crippen LogP contribution in [-0.4, -0.2) is 35.6 Å². The van der Waals surface area contributed by atoms with Crippen LogP contribution in [0.4, 0.5) is 5.95 Å². The van der Waals surface area contributed by atoms with E-state index in [-0.39, 0.29) is 11.4 Å². The molecule has 1 saturated carbocycles. The summed E-state index contributed by atoms with van der Waals surface area (Å²) in [7, 11) is 0. The second-order valence-corrected chi connectivity index (χ2v) is 9.70. The Bertz CT molecular complexity index is 1250. The largest absolute Gasteiger partial charge is 0.389 e. The fourth-order valence-electron chi connectivity index (χ4n) is 4.38. The molecule has 1 unspecified atom stereocenters. The minimum absolute atomic E-state index is 0.249. The summed E-state index contributed by atoms with van der Waals surface area (Å²) in [4.78, 5) is 8.18. The lowest BCUT2D eigenvalue weighted by Gasteiger charge is -2.28. The molecule has 0 bridgehead atoms. The lowest BCUT2D eigenvalue weighted by Crippen LogP contribution is -2.26. The number of nitrogens with two attached hydrogens (primary N) is 1. The molecule has 8 heteroatoms. The van der Waals surface area contributed by atoms with E-state index < -0.39 is 5.60 Å². The summed E-state index contributed by atoms with van der Waals surface area (Å²) in [5.74, 6) is 1.46. The first-order valence-corrected chi connectivity index (χ1v) is 11.1.